The third-order valence-corrected chi connectivity index (χ3v) is 5.74. The Bertz CT molecular complexity index is 1380. The van der Waals surface area contributed by atoms with Crippen molar-refractivity contribution in [3.63, 3.8) is 0 Å². The number of nitrogens with one attached hydrogen (secondary N) is 2. The summed E-state index contributed by atoms with van der Waals surface area (Å²) in [5, 5.41) is 15.5. The molecule has 1 aliphatic heterocycles. The summed E-state index contributed by atoms with van der Waals surface area (Å²) in [6.07, 6.45) is 0. The minimum absolute atomic E-state index is 0.295. The van der Waals surface area contributed by atoms with Crippen LogP contribution in [0.15, 0.2) is 84.9 Å². The summed E-state index contributed by atoms with van der Waals surface area (Å²) < 4.78 is 5.20. The first kappa shape index (κ1) is 22.7. The van der Waals surface area contributed by atoms with E-state index in [-0.39, 0.29) is 6.54 Å². The average molecular weight is 483 g/mol. The van der Waals surface area contributed by atoms with Gasteiger partial charge in [-0.3, -0.25) is 15.0 Å². The van der Waals surface area contributed by atoms with Gasteiger partial charge in [0.2, 0.25) is 5.82 Å². The van der Waals surface area contributed by atoms with Gasteiger partial charge in [0.1, 0.15) is 12.3 Å². The minimum atomic E-state index is -1.49. The molecule has 0 radical (unpaired) electrons. The molecule has 0 bridgehead atoms. The molecule has 3 aromatic carbocycles. The minimum Gasteiger partial charge on any atom is -0.497 e. The van der Waals surface area contributed by atoms with Crippen molar-refractivity contribution in [2.45, 2.75) is 12.1 Å². The first-order valence-corrected chi connectivity index (χ1v) is 11.0. The van der Waals surface area contributed by atoms with E-state index in [9.17, 15) is 14.4 Å². The summed E-state index contributed by atoms with van der Waals surface area (Å²) in [6.45, 7) is -0.363. The van der Waals surface area contributed by atoms with Crippen molar-refractivity contribution in [1.82, 2.24) is 36.0 Å². The number of tetrazole rings is 1. The van der Waals surface area contributed by atoms with Crippen molar-refractivity contribution in [3.8, 4) is 17.1 Å². The van der Waals surface area contributed by atoms with Crippen molar-refractivity contribution < 1.29 is 19.1 Å². The normalized spacial score (nSPS) is 14.4. The molecule has 1 aromatic heterocycles. The van der Waals surface area contributed by atoms with Crippen LogP contribution >= 0.6 is 0 Å². The smallest absolute Gasteiger partial charge is 0.344 e. The number of carbonyl (C=O) groups excluding carboxylic acids is 3. The summed E-state index contributed by atoms with van der Waals surface area (Å²) in [5.74, 6) is -0.392. The third kappa shape index (κ3) is 4.02. The topological polar surface area (TPSA) is 131 Å². The van der Waals surface area contributed by atoms with Gasteiger partial charge in [-0.05, 0) is 28.5 Å². The van der Waals surface area contributed by atoms with Crippen LogP contribution in [0.4, 0.5) is 4.79 Å². The fraction of sp³-hybridized carbons (Fsp3) is 0.120. The number of carbonyl (C=O) groups is 3. The molecule has 36 heavy (non-hydrogen) atoms. The maximum atomic E-state index is 13.6. The number of aromatic nitrogens is 4. The first-order valence-electron chi connectivity index (χ1n) is 11.0. The number of hydrogen-bond donors (Lipinski definition) is 2. The number of hydrogen-bond acceptors (Lipinski definition) is 7. The van der Waals surface area contributed by atoms with Crippen LogP contribution in [0.2, 0.25) is 0 Å². The monoisotopic (exact) mass is 483 g/mol. The number of nitrogens with zero attached hydrogens (tertiary/aromatic N) is 5. The number of rotatable bonds is 7. The van der Waals surface area contributed by atoms with Gasteiger partial charge in [-0.2, -0.15) is 9.81 Å². The van der Waals surface area contributed by atoms with Crippen LogP contribution in [0.3, 0.4) is 0 Å². The summed E-state index contributed by atoms with van der Waals surface area (Å²) in [4.78, 5) is 40.4. The highest BCUT2D eigenvalue weighted by Crippen LogP contribution is 2.35. The summed E-state index contributed by atoms with van der Waals surface area (Å²) >= 11 is 0. The molecule has 180 valence electrons. The average Bonchev–Trinajstić information content (AvgIpc) is 3.48. The lowest BCUT2D eigenvalue weighted by Crippen LogP contribution is -2.50. The Morgan fingerprint density at radius 2 is 1.64 bits per heavy atom. The summed E-state index contributed by atoms with van der Waals surface area (Å²) in [6, 6.07) is 24.0. The number of methoxy groups -OCH3 is 1. The van der Waals surface area contributed by atoms with E-state index in [1.165, 1.54) is 0 Å². The van der Waals surface area contributed by atoms with Crippen LogP contribution in [-0.4, -0.2) is 50.2 Å². The molecule has 0 saturated carbocycles. The molecule has 1 aliphatic rings. The van der Waals surface area contributed by atoms with E-state index in [2.05, 4.69) is 26.2 Å². The Hall–Kier alpha value is -5.06. The second kappa shape index (κ2) is 9.29. The summed E-state index contributed by atoms with van der Waals surface area (Å²) in [7, 11) is 1.55. The molecular formula is C25H21N7O4. The number of urea groups is 1. The van der Waals surface area contributed by atoms with Gasteiger partial charge in [0.15, 0.2) is 5.54 Å². The zero-order valence-corrected chi connectivity index (χ0v) is 19.2. The highest BCUT2D eigenvalue weighted by atomic mass is 16.5. The molecule has 2 N–H and O–H groups in total. The van der Waals surface area contributed by atoms with Gasteiger partial charge in [-0.15, -0.1) is 10.2 Å². The second-order valence-electron chi connectivity index (χ2n) is 7.96. The molecule has 0 unspecified atom stereocenters. The quantitative estimate of drug-likeness (QED) is 0.384. The van der Waals surface area contributed by atoms with Crippen LogP contribution < -0.4 is 15.5 Å². The zero-order valence-electron chi connectivity index (χ0n) is 19.2. The molecule has 0 spiro atoms. The molecule has 1 fully saturated rings. The zero-order chi connectivity index (χ0) is 25.1. The molecule has 4 amide bonds. The lowest BCUT2D eigenvalue weighted by Gasteiger charge is -2.27. The number of amides is 4. The van der Waals surface area contributed by atoms with Crippen LogP contribution in [0.1, 0.15) is 11.1 Å². The number of hydrazine groups is 1. The van der Waals surface area contributed by atoms with Crippen LogP contribution in [-0.2, 0) is 21.7 Å². The number of imide groups is 1. The van der Waals surface area contributed by atoms with E-state index in [4.69, 9.17) is 4.74 Å². The Morgan fingerprint density at radius 1 is 0.972 bits per heavy atom. The maximum Gasteiger partial charge on any atom is 0.344 e. The summed E-state index contributed by atoms with van der Waals surface area (Å²) in [5.41, 5.74) is 2.67. The van der Waals surface area contributed by atoms with Crippen molar-refractivity contribution in [3.05, 3.63) is 96.1 Å². The predicted molar refractivity (Wildman–Crippen MR) is 127 cm³/mol. The predicted octanol–water partition coefficient (Wildman–Crippen LogP) is 1.88. The lowest BCUT2D eigenvalue weighted by molar-refractivity contribution is -0.138. The Balaban J connectivity index is 1.36. The maximum absolute atomic E-state index is 13.6. The molecule has 2 heterocycles. The molecule has 0 aliphatic carbocycles. The van der Waals surface area contributed by atoms with Gasteiger partial charge in [-0.1, -0.05) is 72.8 Å². The Morgan fingerprint density at radius 3 is 2.28 bits per heavy atom. The van der Waals surface area contributed by atoms with Gasteiger partial charge in [0, 0.05) is 5.56 Å². The standard InChI is InChI=1S/C25H21N7O4/c1-36-20-14-8-9-17(15-20)22-27-30-31(29-22)16-21(33)28-32-23(34)25(26-24(32)35,18-10-4-2-5-11-18)19-12-6-3-7-13-19/h2-15H,16H2,1H3,(H,26,35)(H,28,33). The van der Waals surface area contributed by atoms with Crippen LogP contribution in [0.5, 0.6) is 5.75 Å². The van der Waals surface area contributed by atoms with Crippen LogP contribution in [0, 0.1) is 0 Å². The van der Waals surface area contributed by atoms with Gasteiger partial charge in [-0.25, -0.2) is 4.79 Å². The lowest BCUT2D eigenvalue weighted by atomic mass is 9.83. The largest absolute Gasteiger partial charge is 0.497 e. The molecule has 1 saturated heterocycles. The molecular weight excluding hydrogens is 462 g/mol. The van der Waals surface area contributed by atoms with Gasteiger partial charge in [0.25, 0.3) is 11.8 Å². The third-order valence-electron chi connectivity index (χ3n) is 5.74. The molecule has 5 rings (SSSR count). The number of benzene rings is 3. The molecule has 11 nitrogen and oxygen atoms in total. The highest BCUT2D eigenvalue weighted by molar-refractivity contribution is 6.10. The van der Waals surface area contributed by atoms with E-state index in [0.717, 1.165) is 4.80 Å². The fourth-order valence-corrected chi connectivity index (χ4v) is 4.04. The van der Waals surface area contributed by atoms with Crippen molar-refractivity contribution in [2.24, 2.45) is 0 Å². The van der Waals surface area contributed by atoms with E-state index >= 15 is 0 Å². The van der Waals surface area contributed by atoms with E-state index in [0.29, 0.717) is 33.3 Å². The Kier molecular flexibility index (Phi) is 5.87. The fourth-order valence-electron chi connectivity index (χ4n) is 4.04. The van der Waals surface area contributed by atoms with Crippen molar-refractivity contribution >= 4 is 17.8 Å². The van der Waals surface area contributed by atoms with Gasteiger partial charge in [0.05, 0.1) is 7.11 Å². The van der Waals surface area contributed by atoms with Crippen molar-refractivity contribution in [2.75, 3.05) is 7.11 Å². The molecule has 0 atom stereocenters. The molecule has 11 heteroatoms. The second-order valence-corrected chi connectivity index (χ2v) is 7.96. The van der Waals surface area contributed by atoms with Gasteiger partial charge < -0.3 is 10.1 Å². The highest BCUT2D eigenvalue weighted by Gasteiger charge is 2.54. The molecule has 4 aromatic rings. The first-order chi connectivity index (χ1) is 17.5. The van der Waals surface area contributed by atoms with E-state index in [1.807, 2.05) is 12.1 Å². The SMILES string of the molecule is COc1cccc(-c2nnn(CC(=O)NN3C(=O)NC(c4ccccc4)(c4ccccc4)C3=O)n2)c1. The van der Waals surface area contributed by atoms with Crippen molar-refractivity contribution in [1.29, 1.82) is 0 Å². The van der Waals surface area contributed by atoms with Crippen LogP contribution in [0.25, 0.3) is 11.4 Å². The van der Waals surface area contributed by atoms with Gasteiger partial charge >= 0.3 is 6.03 Å². The number of ether oxygens (including phenoxy) is 1. The van der Waals surface area contributed by atoms with E-state index < -0.39 is 23.4 Å². The Labute approximate surface area is 205 Å². The van der Waals surface area contributed by atoms with E-state index in [1.54, 1.807) is 79.9 Å².